The molecule has 0 saturated carbocycles. The summed E-state index contributed by atoms with van der Waals surface area (Å²) in [5.41, 5.74) is 2.73. The van der Waals surface area contributed by atoms with Gasteiger partial charge >= 0.3 is 6.03 Å². The third-order valence-corrected chi connectivity index (χ3v) is 4.01. The molecule has 0 bridgehead atoms. The molecule has 0 aromatic heterocycles. The topological polar surface area (TPSA) is 58.2 Å². The molecule has 134 valence electrons. The smallest absolute Gasteiger partial charge is 0.308 e. The van der Waals surface area contributed by atoms with E-state index in [-0.39, 0.29) is 11.8 Å². The maximum Gasteiger partial charge on any atom is 0.323 e. The van der Waals surface area contributed by atoms with Crippen LogP contribution in [-0.2, 0) is 0 Å². The lowest BCUT2D eigenvalue weighted by Crippen LogP contribution is -2.19. The van der Waals surface area contributed by atoms with E-state index in [1.54, 1.807) is 54.6 Å². The summed E-state index contributed by atoms with van der Waals surface area (Å²) >= 11 is 5.84. The highest BCUT2D eigenvalue weighted by Gasteiger charge is 2.05. The van der Waals surface area contributed by atoms with Crippen LogP contribution in [0.2, 0.25) is 5.02 Å². The first-order valence-electron chi connectivity index (χ1n) is 8.31. The maximum absolute atomic E-state index is 12.2. The zero-order valence-corrected chi connectivity index (χ0v) is 15.1. The monoisotopic (exact) mass is 376 g/mol. The predicted molar refractivity (Wildman–Crippen MR) is 110 cm³/mol. The van der Waals surface area contributed by atoms with Gasteiger partial charge in [-0.2, -0.15) is 0 Å². The van der Waals surface area contributed by atoms with E-state index < -0.39 is 0 Å². The number of halogens is 1. The molecule has 0 aliphatic heterocycles. The summed E-state index contributed by atoms with van der Waals surface area (Å²) in [4.78, 5) is 24.2. The van der Waals surface area contributed by atoms with Crippen LogP contribution in [0.15, 0.2) is 84.9 Å². The first kappa shape index (κ1) is 18.4. The minimum atomic E-state index is -0.345. The van der Waals surface area contributed by atoms with E-state index in [1.165, 1.54) is 6.08 Å². The molecule has 5 heteroatoms. The highest BCUT2D eigenvalue weighted by Crippen LogP contribution is 2.14. The molecule has 3 rings (SSSR count). The molecule has 0 radical (unpaired) electrons. The summed E-state index contributed by atoms with van der Waals surface area (Å²) in [6.45, 7) is 0. The van der Waals surface area contributed by atoms with Crippen LogP contribution in [-0.4, -0.2) is 11.8 Å². The van der Waals surface area contributed by atoms with Gasteiger partial charge in [-0.25, -0.2) is 4.79 Å². The highest BCUT2D eigenvalue weighted by molar-refractivity contribution is 6.30. The van der Waals surface area contributed by atoms with Crippen molar-refractivity contribution in [1.82, 2.24) is 0 Å². The molecule has 0 heterocycles. The van der Waals surface area contributed by atoms with E-state index in [1.807, 2.05) is 30.3 Å². The molecule has 3 aromatic rings. The largest absolute Gasteiger partial charge is 0.323 e. The number of carbonyl (C=O) groups excluding carboxylic acids is 2. The van der Waals surface area contributed by atoms with E-state index in [4.69, 9.17) is 11.6 Å². The van der Waals surface area contributed by atoms with Crippen molar-refractivity contribution in [1.29, 1.82) is 0 Å². The van der Waals surface area contributed by atoms with Gasteiger partial charge in [0.25, 0.3) is 0 Å². The molecule has 0 fully saturated rings. The fourth-order valence-electron chi connectivity index (χ4n) is 2.37. The number of urea groups is 1. The Labute approximate surface area is 162 Å². The second-order valence-electron chi connectivity index (χ2n) is 5.77. The van der Waals surface area contributed by atoms with Gasteiger partial charge in [-0.3, -0.25) is 4.79 Å². The van der Waals surface area contributed by atoms with Crippen molar-refractivity contribution in [3.8, 4) is 0 Å². The van der Waals surface area contributed by atoms with Crippen LogP contribution in [0.25, 0.3) is 6.08 Å². The maximum atomic E-state index is 12.2. The van der Waals surface area contributed by atoms with E-state index in [2.05, 4.69) is 10.6 Å². The lowest BCUT2D eigenvalue weighted by molar-refractivity contribution is 0.104. The van der Waals surface area contributed by atoms with Crippen molar-refractivity contribution >= 4 is 40.9 Å². The van der Waals surface area contributed by atoms with Crippen molar-refractivity contribution in [3.05, 3.63) is 101 Å². The first-order chi connectivity index (χ1) is 13.1. The highest BCUT2D eigenvalue weighted by atomic mass is 35.5. The number of rotatable bonds is 5. The number of para-hydroxylation sites is 1. The van der Waals surface area contributed by atoms with E-state index in [0.717, 1.165) is 5.56 Å². The van der Waals surface area contributed by atoms with Gasteiger partial charge in [0.05, 0.1) is 0 Å². The predicted octanol–water partition coefficient (Wildman–Crippen LogP) is 5.88. The first-order valence-corrected chi connectivity index (χ1v) is 8.69. The summed E-state index contributed by atoms with van der Waals surface area (Å²) in [7, 11) is 0. The molecule has 2 N–H and O–H groups in total. The molecule has 3 aromatic carbocycles. The van der Waals surface area contributed by atoms with Gasteiger partial charge in [0, 0.05) is 22.0 Å². The second-order valence-corrected chi connectivity index (χ2v) is 6.21. The number of hydrogen-bond donors (Lipinski definition) is 2. The lowest BCUT2D eigenvalue weighted by atomic mass is 10.1. The molecule has 0 spiro atoms. The molecule has 4 nitrogen and oxygen atoms in total. The van der Waals surface area contributed by atoms with Crippen LogP contribution in [0.4, 0.5) is 16.2 Å². The van der Waals surface area contributed by atoms with Crippen LogP contribution < -0.4 is 10.6 Å². The number of allylic oxidation sites excluding steroid dienone is 1. The minimum absolute atomic E-state index is 0.120. The van der Waals surface area contributed by atoms with Crippen LogP contribution in [0.3, 0.4) is 0 Å². The number of amides is 2. The van der Waals surface area contributed by atoms with Gasteiger partial charge in [0.2, 0.25) is 0 Å². The van der Waals surface area contributed by atoms with Gasteiger partial charge in [0.1, 0.15) is 0 Å². The average Bonchev–Trinajstić information content (AvgIpc) is 2.68. The third-order valence-electron chi connectivity index (χ3n) is 3.76. The van der Waals surface area contributed by atoms with Gasteiger partial charge in [-0.05, 0) is 60.2 Å². The molecule has 0 aliphatic carbocycles. The van der Waals surface area contributed by atoms with Crippen molar-refractivity contribution < 1.29 is 9.59 Å². The molecule has 0 unspecified atom stereocenters. The molecule has 2 amide bonds. The van der Waals surface area contributed by atoms with E-state index in [9.17, 15) is 9.59 Å². The van der Waals surface area contributed by atoms with Crippen LogP contribution in [0, 0.1) is 0 Å². The summed E-state index contributed by atoms with van der Waals surface area (Å²) in [5, 5.41) is 6.11. The fourth-order valence-corrected chi connectivity index (χ4v) is 2.50. The molecule has 0 aliphatic rings. The Morgan fingerprint density at radius 1 is 0.741 bits per heavy atom. The normalized spacial score (nSPS) is 10.6. The van der Waals surface area contributed by atoms with Crippen LogP contribution >= 0.6 is 11.6 Å². The van der Waals surface area contributed by atoms with E-state index >= 15 is 0 Å². The molecule has 0 atom stereocenters. The van der Waals surface area contributed by atoms with Gasteiger partial charge < -0.3 is 10.6 Å². The van der Waals surface area contributed by atoms with Crippen molar-refractivity contribution in [3.63, 3.8) is 0 Å². The van der Waals surface area contributed by atoms with Gasteiger partial charge in [-0.1, -0.05) is 48.0 Å². The number of ketones is 1. The second kappa shape index (κ2) is 8.83. The number of benzene rings is 3. The molecule has 27 heavy (non-hydrogen) atoms. The number of nitrogens with one attached hydrogen (secondary N) is 2. The quantitative estimate of drug-likeness (QED) is 0.431. The Morgan fingerprint density at radius 3 is 1.96 bits per heavy atom. The average molecular weight is 377 g/mol. The minimum Gasteiger partial charge on any atom is -0.308 e. The third kappa shape index (κ3) is 5.56. The van der Waals surface area contributed by atoms with Crippen molar-refractivity contribution in [2.75, 3.05) is 10.6 Å². The Morgan fingerprint density at radius 2 is 1.33 bits per heavy atom. The Kier molecular flexibility index (Phi) is 6.02. The Balaban J connectivity index is 1.58. The number of hydrogen-bond acceptors (Lipinski definition) is 2. The van der Waals surface area contributed by atoms with E-state index in [0.29, 0.717) is 22.0 Å². The molecular weight excluding hydrogens is 360 g/mol. The molecular formula is C22H17ClN2O2. The van der Waals surface area contributed by atoms with Crippen molar-refractivity contribution in [2.24, 2.45) is 0 Å². The van der Waals surface area contributed by atoms with Gasteiger partial charge in [-0.15, -0.1) is 0 Å². The van der Waals surface area contributed by atoms with Gasteiger partial charge in [0.15, 0.2) is 5.78 Å². The Hall–Kier alpha value is -3.37. The van der Waals surface area contributed by atoms with Crippen molar-refractivity contribution in [2.45, 2.75) is 0 Å². The summed E-state index contributed by atoms with van der Waals surface area (Å²) < 4.78 is 0. The summed E-state index contributed by atoms with van der Waals surface area (Å²) in [6, 6.07) is 22.8. The Bertz CT molecular complexity index is 950. The zero-order chi connectivity index (χ0) is 19.1. The zero-order valence-electron chi connectivity index (χ0n) is 14.4. The lowest BCUT2D eigenvalue weighted by Gasteiger charge is -2.07. The fraction of sp³-hybridized carbons (Fsp3) is 0. The summed E-state index contributed by atoms with van der Waals surface area (Å²) in [5.74, 6) is -0.120. The standard InChI is InChI=1S/C22H17ClN2O2/c23-18-11-6-16(7-12-18)8-15-21(26)17-9-13-20(14-10-17)25-22(27)24-19-4-2-1-3-5-19/h1-15H,(H2,24,25,27)/b15-8+. The van der Waals surface area contributed by atoms with Crippen LogP contribution in [0.1, 0.15) is 15.9 Å². The molecule has 0 saturated heterocycles. The number of carbonyl (C=O) groups is 2. The van der Waals surface area contributed by atoms with Crippen LogP contribution in [0.5, 0.6) is 0 Å². The summed E-state index contributed by atoms with van der Waals surface area (Å²) in [6.07, 6.45) is 3.24. The number of anilines is 2. The SMILES string of the molecule is O=C(Nc1ccccc1)Nc1ccc(C(=O)/C=C/c2ccc(Cl)cc2)cc1.